The molecule has 2 rings (SSSR count). The van der Waals surface area contributed by atoms with E-state index < -0.39 is 0 Å². The summed E-state index contributed by atoms with van der Waals surface area (Å²) in [6, 6.07) is 5.87. The molecule has 1 aromatic heterocycles. The summed E-state index contributed by atoms with van der Waals surface area (Å²) in [6.45, 7) is 7.31. The van der Waals surface area contributed by atoms with Gasteiger partial charge in [-0.25, -0.2) is 9.97 Å². The van der Waals surface area contributed by atoms with Crippen molar-refractivity contribution in [1.82, 2.24) is 20.6 Å². The molecule has 1 heterocycles. The summed E-state index contributed by atoms with van der Waals surface area (Å²) in [7, 11) is 0. The maximum absolute atomic E-state index is 11.6. The van der Waals surface area contributed by atoms with Gasteiger partial charge in [0.2, 0.25) is 17.8 Å². The highest BCUT2D eigenvalue weighted by atomic mass is 16.2. The van der Waals surface area contributed by atoms with Gasteiger partial charge in [-0.2, -0.15) is 4.99 Å². The van der Waals surface area contributed by atoms with Crippen LogP contribution in [0.4, 0.5) is 5.95 Å². The van der Waals surface area contributed by atoms with E-state index >= 15 is 0 Å². The fraction of sp³-hybridized carbons (Fsp3) is 0.353. The quantitative estimate of drug-likeness (QED) is 0.668. The van der Waals surface area contributed by atoms with Gasteiger partial charge in [-0.3, -0.25) is 20.2 Å². The molecule has 0 spiro atoms. The summed E-state index contributed by atoms with van der Waals surface area (Å²) in [4.78, 5) is 36.2. The molecular weight excluding hydrogens is 306 g/mol. The van der Waals surface area contributed by atoms with Crippen LogP contribution in [0.3, 0.4) is 0 Å². The summed E-state index contributed by atoms with van der Waals surface area (Å²) < 4.78 is 0. The molecule has 0 fully saturated rings. The Morgan fingerprint density at radius 1 is 1.04 bits per heavy atom. The molecule has 0 aliphatic rings. The van der Waals surface area contributed by atoms with Crippen LogP contribution in [0.15, 0.2) is 23.2 Å². The Hall–Kier alpha value is -2.83. The van der Waals surface area contributed by atoms with Gasteiger partial charge < -0.3 is 0 Å². The number of nitrogens with zero attached hydrogens (tertiary/aromatic N) is 3. The number of aryl methyl sites for hydroxylation is 2. The second-order valence-corrected chi connectivity index (χ2v) is 5.39. The number of amides is 2. The monoisotopic (exact) mass is 327 g/mol. The highest BCUT2D eigenvalue weighted by Crippen LogP contribution is 2.19. The van der Waals surface area contributed by atoms with Crippen molar-refractivity contribution in [2.45, 2.75) is 40.5 Å². The van der Waals surface area contributed by atoms with Crippen molar-refractivity contribution < 1.29 is 9.59 Å². The van der Waals surface area contributed by atoms with Gasteiger partial charge in [0, 0.05) is 18.2 Å². The van der Waals surface area contributed by atoms with Crippen LogP contribution in [-0.2, 0) is 9.59 Å². The summed E-state index contributed by atoms with van der Waals surface area (Å²) in [5, 5.41) is 6.06. The lowest BCUT2D eigenvalue weighted by Gasteiger charge is -2.09. The summed E-state index contributed by atoms with van der Waals surface area (Å²) in [5.41, 5.74) is 2.66. The molecule has 2 aromatic rings. The van der Waals surface area contributed by atoms with Gasteiger partial charge in [-0.05, 0) is 26.0 Å². The predicted molar refractivity (Wildman–Crippen MR) is 93.0 cm³/mol. The molecule has 2 N–H and O–H groups in total. The topological polar surface area (TPSA) is 96.3 Å². The highest BCUT2D eigenvalue weighted by Gasteiger charge is 2.10. The number of benzene rings is 1. The number of aliphatic imine (C=N–C) groups is 1. The SMILES string of the molecule is CCC(=O)NC(=Nc1nc(C)c2cc(C)ccc2n1)NC(=O)CC. The molecule has 126 valence electrons. The van der Waals surface area contributed by atoms with Gasteiger partial charge in [-0.1, -0.05) is 25.5 Å². The standard InChI is InChI=1S/C17H21N5O2/c1-5-14(23)20-17(21-15(24)6-2)22-16-18-11(4)12-9-10(3)7-8-13(12)19-16/h7-9H,5-6H2,1-4H3,(H2,18,19,20,21,22,23,24). The summed E-state index contributed by atoms with van der Waals surface area (Å²) in [5.74, 6) is -0.275. The Morgan fingerprint density at radius 3 is 2.25 bits per heavy atom. The van der Waals surface area contributed by atoms with E-state index in [1.54, 1.807) is 13.8 Å². The second kappa shape index (κ2) is 7.63. The molecule has 0 saturated heterocycles. The van der Waals surface area contributed by atoms with E-state index in [2.05, 4.69) is 25.6 Å². The lowest BCUT2D eigenvalue weighted by atomic mass is 10.1. The molecule has 7 heteroatoms. The number of aromatic nitrogens is 2. The molecule has 0 atom stereocenters. The van der Waals surface area contributed by atoms with Crippen molar-refractivity contribution in [2.75, 3.05) is 0 Å². The number of hydrogen-bond acceptors (Lipinski definition) is 5. The van der Waals surface area contributed by atoms with Gasteiger partial charge in [0.05, 0.1) is 11.2 Å². The fourth-order valence-corrected chi connectivity index (χ4v) is 2.06. The molecule has 0 bridgehead atoms. The van der Waals surface area contributed by atoms with Gasteiger partial charge in [0.25, 0.3) is 5.95 Å². The van der Waals surface area contributed by atoms with Crippen LogP contribution < -0.4 is 10.6 Å². The van der Waals surface area contributed by atoms with Crippen molar-refractivity contribution in [2.24, 2.45) is 4.99 Å². The lowest BCUT2D eigenvalue weighted by molar-refractivity contribution is -0.119. The van der Waals surface area contributed by atoms with E-state index in [0.29, 0.717) is 0 Å². The lowest BCUT2D eigenvalue weighted by Crippen LogP contribution is -2.43. The van der Waals surface area contributed by atoms with Gasteiger partial charge in [0.1, 0.15) is 0 Å². The average molecular weight is 327 g/mol. The Labute approximate surface area is 140 Å². The average Bonchev–Trinajstić information content (AvgIpc) is 2.55. The molecule has 0 saturated carbocycles. The van der Waals surface area contributed by atoms with E-state index in [1.807, 2.05) is 32.0 Å². The third kappa shape index (κ3) is 4.34. The van der Waals surface area contributed by atoms with Gasteiger partial charge in [0.15, 0.2) is 0 Å². The molecule has 2 amide bonds. The van der Waals surface area contributed by atoms with Crippen LogP contribution in [0.1, 0.15) is 37.9 Å². The number of carbonyl (C=O) groups excluding carboxylic acids is 2. The molecular formula is C17H21N5O2. The maximum atomic E-state index is 11.6. The number of carbonyl (C=O) groups is 2. The van der Waals surface area contributed by atoms with Gasteiger partial charge >= 0.3 is 0 Å². The zero-order valence-corrected chi connectivity index (χ0v) is 14.3. The number of guanidine groups is 1. The maximum Gasteiger partial charge on any atom is 0.253 e. The third-order valence-electron chi connectivity index (χ3n) is 3.40. The number of fused-ring (bicyclic) bond motifs is 1. The molecule has 0 unspecified atom stereocenters. The number of hydrogen-bond donors (Lipinski definition) is 2. The highest BCUT2D eigenvalue weighted by molar-refractivity contribution is 6.05. The Balaban J connectivity index is 2.43. The van der Waals surface area contributed by atoms with E-state index in [4.69, 9.17) is 0 Å². The zero-order valence-electron chi connectivity index (χ0n) is 14.3. The molecule has 0 aliphatic carbocycles. The first-order chi connectivity index (χ1) is 11.4. The Morgan fingerprint density at radius 2 is 1.67 bits per heavy atom. The van der Waals surface area contributed by atoms with Crippen LogP contribution in [-0.4, -0.2) is 27.7 Å². The van der Waals surface area contributed by atoms with Crippen molar-refractivity contribution in [3.8, 4) is 0 Å². The van der Waals surface area contributed by atoms with E-state index in [9.17, 15) is 9.59 Å². The minimum absolute atomic E-state index is 0.0413. The van der Waals surface area contributed by atoms with Crippen LogP contribution in [0.5, 0.6) is 0 Å². The van der Waals surface area contributed by atoms with E-state index in [1.165, 1.54) is 0 Å². The molecule has 0 aliphatic heterocycles. The van der Waals surface area contributed by atoms with Crippen molar-refractivity contribution in [1.29, 1.82) is 0 Å². The van der Waals surface area contributed by atoms with Crippen molar-refractivity contribution >= 4 is 34.6 Å². The Bertz CT molecular complexity index is 794. The molecule has 24 heavy (non-hydrogen) atoms. The van der Waals surface area contributed by atoms with E-state index in [0.717, 1.165) is 22.2 Å². The predicted octanol–water partition coefficient (Wildman–Crippen LogP) is 2.29. The van der Waals surface area contributed by atoms with E-state index in [-0.39, 0.29) is 36.6 Å². The van der Waals surface area contributed by atoms with Crippen LogP contribution in [0.2, 0.25) is 0 Å². The van der Waals surface area contributed by atoms with Crippen LogP contribution >= 0.6 is 0 Å². The largest absolute Gasteiger partial charge is 0.296 e. The fourth-order valence-electron chi connectivity index (χ4n) is 2.06. The Kier molecular flexibility index (Phi) is 5.57. The number of nitrogens with one attached hydrogen (secondary N) is 2. The number of rotatable bonds is 3. The van der Waals surface area contributed by atoms with Crippen LogP contribution in [0, 0.1) is 13.8 Å². The van der Waals surface area contributed by atoms with Crippen molar-refractivity contribution in [3.05, 3.63) is 29.5 Å². The van der Waals surface area contributed by atoms with Crippen molar-refractivity contribution in [3.63, 3.8) is 0 Å². The minimum atomic E-state index is -0.252. The first-order valence-corrected chi connectivity index (χ1v) is 7.86. The first-order valence-electron chi connectivity index (χ1n) is 7.86. The third-order valence-corrected chi connectivity index (χ3v) is 3.40. The summed E-state index contributed by atoms with van der Waals surface area (Å²) in [6.07, 6.45) is 0.551. The molecule has 7 nitrogen and oxygen atoms in total. The molecule has 1 aromatic carbocycles. The minimum Gasteiger partial charge on any atom is -0.296 e. The first kappa shape index (κ1) is 17.5. The second-order valence-electron chi connectivity index (χ2n) is 5.39. The molecule has 0 radical (unpaired) electrons. The zero-order chi connectivity index (χ0) is 17.7. The summed E-state index contributed by atoms with van der Waals surface area (Å²) >= 11 is 0. The van der Waals surface area contributed by atoms with Gasteiger partial charge in [-0.15, -0.1) is 0 Å². The smallest absolute Gasteiger partial charge is 0.253 e. The van der Waals surface area contributed by atoms with Crippen LogP contribution in [0.25, 0.3) is 10.9 Å². The normalized spacial score (nSPS) is 10.3.